The van der Waals surface area contributed by atoms with Gasteiger partial charge in [0.2, 0.25) is 0 Å². The van der Waals surface area contributed by atoms with Gasteiger partial charge in [-0.1, -0.05) is 0 Å². The number of carbonyl (C=O) groups excluding carboxylic acids is 2. The molecule has 2 amide bonds. The molecule has 2 aliphatic heterocycles. The summed E-state index contributed by atoms with van der Waals surface area (Å²) in [4.78, 5) is 32.7. The summed E-state index contributed by atoms with van der Waals surface area (Å²) in [6, 6.07) is 13.0. The van der Waals surface area contributed by atoms with Gasteiger partial charge in [-0.05, 0) is 0 Å². The number of carbonyl (C=O) groups is 2. The molecule has 174 valence electrons. The van der Waals surface area contributed by atoms with Crippen LogP contribution in [-0.2, 0) is 10.0 Å². The van der Waals surface area contributed by atoms with E-state index in [-0.39, 0.29) is 23.9 Å². The van der Waals surface area contributed by atoms with Crippen LogP contribution in [0.3, 0.4) is 0 Å². The number of fused-ring (bicyclic) bond motifs is 1. The fraction of sp³-hybridized carbons (Fsp3) is 0.333. The van der Waals surface area contributed by atoms with Gasteiger partial charge in [0.15, 0.2) is 0 Å². The Morgan fingerprint density at radius 3 is 2.03 bits per heavy atom. The van der Waals surface area contributed by atoms with Crippen LogP contribution < -0.4 is 5.43 Å². The van der Waals surface area contributed by atoms with Gasteiger partial charge in [-0.3, -0.25) is 0 Å². The zero-order valence-corrected chi connectivity index (χ0v) is 23.0. The minimum atomic E-state index is -3.73. The Labute approximate surface area is 199 Å². The molecule has 2 aromatic carbocycles. The standard InChI is InChI=1S/C21H20N3O4S.3CH3.Sn/c1-3-15-12-23(29(27,28)16-10-8-14(2)9-11-16)13-19(15)22-24-20(25)17-6-4-5-7-18(17)21(24)26;;;;/h4-11,15,19,22H,1,12-13H2,2H3;3*1H3;/t15-,19+;;;;/m0..../s1. The van der Waals surface area contributed by atoms with Gasteiger partial charge in [0.25, 0.3) is 0 Å². The molecule has 33 heavy (non-hydrogen) atoms. The predicted octanol–water partition coefficient (Wildman–Crippen LogP) is 3.22. The zero-order valence-electron chi connectivity index (χ0n) is 19.3. The molecule has 1 fully saturated rings. The van der Waals surface area contributed by atoms with Gasteiger partial charge < -0.3 is 0 Å². The summed E-state index contributed by atoms with van der Waals surface area (Å²) in [6.07, 6.45) is 0. The van der Waals surface area contributed by atoms with Gasteiger partial charge >= 0.3 is 200 Å². The van der Waals surface area contributed by atoms with Crippen LogP contribution in [0, 0.1) is 12.8 Å². The van der Waals surface area contributed by atoms with Crippen molar-refractivity contribution >= 4 is 40.2 Å². The van der Waals surface area contributed by atoms with E-state index in [4.69, 9.17) is 0 Å². The number of aryl methyl sites for hydroxylation is 1. The van der Waals surface area contributed by atoms with Crippen LogP contribution in [0.25, 0.3) is 0 Å². The van der Waals surface area contributed by atoms with Crippen molar-refractivity contribution in [3.63, 3.8) is 0 Å². The molecular formula is C24H29N3O4SSn. The molecule has 0 spiro atoms. The molecule has 0 radical (unpaired) electrons. The van der Waals surface area contributed by atoms with Gasteiger partial charge in [-0.25, -0.2) is 0 Å². The quantitative estimate of drug-likeness (QED) is 0.423. The summed E-state index contributed by atoms with van der Waals surface area (Å²) < 4.78 is 29.3. The van der Waals surface area contributed by atoms with Crippen LogP contribution >= 0.6 is 0 Å². The van der Waals surface area contributed by atoms with Crippen LogP contribution in [-0.4, -0.2) is 67.1 Å². The fourth-order valence-corrected chi connectivity index (χ4v) is 9.84. The molecule has 0 aromatic heterocycles. The molecule has 1 saturated heterocycles. The van der Waals surface area contributed by atoms with Gasteiger partial charge in [0, 0.05) is 0 Å². The third-order valence-electron chi connectivity index (χ3n) is 6.45. The van der Waals surface area contributed by atoms with Crippen molar-refractivity contribution in [3.8, 4) is 0 Å². The third-order valence-corrected chi connectivity index (χ3v) is 14.8. The molecule has 2 atom stereocenters. The SMILES string of the molecule is C=[C]([C@H]1CN(S(=O)(=O)c2ccc(C)cc2)C[C@H]1NN1C(=O)c2ccccc2C1=O)[Sn]([CH3])([CH3])[CH3]. The Morgan fingerprint density at radius 1 is 0.970 bits per heavy atom. The van der Waals surface area contributed by atoms with Crippen molar-refractivity contribution in [2.24, 2.45) is 5.92 Å². The average molecular weight is 574 g/mol. The Hall–Kier alpha value is -2.01. The Morgan fingerprint density at radius 2 is 1.52 bits per heavy atom. The molecule has 7 nitrogen and oxygen atoms in total. The molecule has 0 saturated carbocycles. The van der Waals surface area contributed by atoms with Crippen LogP contribution in [0.5, 0.6) is 0 Å². The van der Waals surface area contributed by atoms with Crippen molar-refractivity contribution < 1.29 is 18.0 Å². The predicted molar refractivity (Wildman–Crippen MR) is 130 cm³/mol. The topological polar surface area (TPSA) is 86.8 Å². The number of nitrogens with one attached hydrogen (secondary N) is 1. The summed E-state index contributed by atoms with van der Waals surface area (Å²) in [6.45, 7) is 6.68. The van der Waals surface area contributed by atoms with E-state index in [2.05, 4.69) is 26.8 Å². The minimum absolute atomic E-state index is 0.148. The van der Waals surface area contributed by atoms with Gasteiger partial charge in [-0.2, -0.15) is 0 Å². The normalized spacial score (nSPS) is 21.5. The summed E-state index contributed by atoms with van der Waals surface area (Å²) in [5.74, 6) is -1.02. The van der Waals surface area contributed by atoms with Crippen molar-refractivity contribution in [2.45, 2.75) is 32.7 Å². The Balaban J connectivity index is 1.64. The van der Waals surface area contributed by atoms with Crippen molar-refractivity contribution in [1.29, 1.82) is 0 Å². The van der Waals surface area contributed by atoms with Crippen molar-refractivity contribution in [3.05, 3.63) is 75.4 Å². The number of hydrogen-bond donors (Lipinski definition) is 1. The molecule has 0 bridgehead atoms. The fourth-order valence-electron chi connectivity index (χ4n) is 4.34. The number of benzene rings is 2. The molecule has 4 rings (SSSR count). The maximum absolute atomic E-state index is 13.4. The Kier molecular flexibility index (Phi) is 6.32. The summed E-state index contributed by atoms with van der Waals surface area (Å²) in [7, 11) is -3.73. The van der Waals surface area contributed by atoms with Gasteiger partial charge in [-0.15, -0.1) is 0 Å². The molecular weight excluding hydrogens is 545 g/mol. The number of amides is 2. The first kappa shape index (κ1) is 24.1. The summed E-state index contributed by atoms with van der Waals surface area (Å²) >= 11 is -2.64. The Bertz CT molecular complexity index is 1200. The van der Waals surface area contributed by atoms with Crippen LogP contribution in [0.2, 0.25) is 14.8 Å². The number of hydrogen-bond acceptors (Lipinski definition) is 5. The van der Waals surface area contributed by atoms with E-state index in [1.165, 1.54) is 4.31 Å². The van der Waals surface area contributed by atoms with E-state index in [0.717, 1.165) is 14.2 Å². The van der Waals surface area contributed by atoms with Crippen molar-refractivity contribution in [1.82, 2.24) is 14.7 Å². The number of imide groups is 1. The van der Waals surface area contributed by atoms with Crippen LogP contribution in [0.1, 0.15) is 26.3 Å². The molecule has 2 heterocycles. The maximum atomic E-state index is 13.4. The van der Waals surface area contributed by atoms with E-state index in [9.17, 15) is 18.0 Å². The third kappa shape index (κ3) is 4.41. The van der Waals surface area contributed by atoms with E-state index < -0.39 is 46.3 Å². The van der Waals surface area contributed by atoms with Gasteiger partial charge in [0.05, 0.1) is 0 Å². The van der Waals surface area contributed by atoms with E-state index >= 15 is 0 Å². The van der Waals surface area contributed by atoms with Crippen molar-refractivity contribution in [2.75, 3.05) is 13.1 Å². The van der Waals surface area contributed by atoms with Crippen LogP contribution in [0.4, 0.5) is 0 Å². The monoisotopic (exact) mass is 575 g/mol. The second kappa shape index (κ2) is 8.65. The second-order valence-corrected chi connectivity index (χ2v) is 26.4. The van der Waals surface area contributed by atoms with E-state index in [1.807, 2.05) is 6.92 Å². The van der Waals surface area contributed by atoms with E-state index in [1.54, 1.807) is 48.5 Å². The number of hydrazine groups is 1. The zero-order chi connectivity index (χ0) is 24.1. The first-order valence-electron chi connectivity index (χ1n) is 10.9. The molecule has 0 unspecified atom stereocenters. The molecule has 2 aromatic rings. The molecule has 2 aliphatic rings. The van der Waals surface area contributed by atoms with Gasteiger partial charge in [0.1, 0.15) is 0 Å². The van der Waals surface area contributed by atoms with Crippen LogP contribution in [0.15, 0.2) is 63.6 Å². The molecule has 9 heteroatoms. The number of rotatable bonds is 6. The van der Waals surface area contributed by atoms with E-state index in [0.29, 0.717) is 11.1 Å². The summed E-state index contributed by atoms with van der Waals surface area (Å²) in [5.41, 5.74) is 4.77. The molecule has 0 aliphatic carbocycles. The average Bonchev–Trinajstić information content (AvgIpc) is 3.29. The first-order chi connectivity index (χ1) is 15.4. The number of sulfonamides is 1. The number of nitrogens with zero attached hydrogens (tertiary/aromatic N) is 2. The molecule has 1 N–H and O–H groups in total. The summed E-state index contributed by atoms with van der Waals surface area (Å²) in [5, 5.41) is 1.04. The second-order valence-electron chi connectivity index (χ2n) is 9.74. The first-order valence-corrected chi connectivity index (χ1v) is 22.3.